The van der Waals surface area contributed by atoms with Crippen LogP contribution in [0.1, 0.15) is 11.1 Å². The van der Waals surface area contributed by atoms with E-state index in [1.807, 2.05) is 48.5 Å². The van der Waals surface area contributed by atoms with Gasteiger partial charge in [0.2, 0.25) is 0 Å². The van der Waals surface area contributed by atoms with Gasteiger partial charge in [-0.15, -0.1) is 6.42 Å². The molecule has 84 valence electrons. The van der Waals surface area contributed by atoms with Gasteiger partial charge in [0.15, 0.2) is 0 Å². The van der Waals surface area contributed by atoms with E-state index >= 15 is 0 Å². The minimum Gasteiger partial charge on any atom is -0.392 e. The monoisotopic (exact) mass is 223 g/mol. The van der Waals surface area contributed by atoms with E-state index in [0.717, 1.165) is 22.5 Å². The molecule has 0 amide bonds. The molecule has 17 heavy (non-hydrogen) atoms. The Morgan fingerprint density at radius 1 is 1.12 bits per heavy atom. The van der Waals surface area contributed by atoms with Crippen LogP contribution in [-0.2, 0) is 6.61 Å². The van der Waals surface area contributed by atoms with Crippen LogP contribution in [-0.4, -0.2) is 5.11 Å². The number of terminal acetylenes is 1. The molecule has 0 aromatic heterocycles. The zero-order valence-electron chi connectivity index (χ0n) is 9.35. The second-order valence-electron chi connectivity index (χ2n) is 3.67. The number of hydrogen-bond acceptors (Lipinski definition) is 2. The number of hydrogen-bond donors (Lipinski definition) is 2. The van der Waals surface area contributed by atoms with Gasteiger partial charge < -0.3 is 10.4 Å². The highest BCUT2D eigenvalue weighted by Crippen LogP contribution is 2.20. The number of aliphatic hydroxyl groups excluding tert-OH is 1. The summed E-state index contributed by atoms with van der Waals surface area (Å²) >= 11 is 0. The number of anilines is 2. The van der Waals surface area contributed by atoms with Gasteiger partial charge in [-0.05, 0) is 29.8 Å². The Kier molecular flexibility index (Phi) is 3.44. The molecule has 0 fully saturated rings. The smallest absolute Gasteiger partial charge is 0.0682 e. The summed E-state index contributed by atoms with van der Waals surface area (Å²) in [7, 11) is 0. The van der Waals surface area contributed by atoms with Crippen molar-refractivity contribution in [2.45, 2.75) is 6.61 Å². The Hall–Kier alpha value is -2.24. The standard InChI is InChI=1S/C15H13NO/c1-2-13-7-3-4-9-15(13)16-14-8-5-6-12(10-14)11-17/h1,3-10,16-17H,11H2. The molecule has 0 aliphatic heterocycles. The Balaban J connectivity index is 2.28. The lowest BCUT2D eigenvalue weighted by molar-refractivity contribution is 0.282. The SMILES string of the molecule is C#Cc1ccccc1Nc1cccc(CO)c1. The molecule has 0 saturated heterocycles. The lowest BCUT2D eigenvalue weighted by atomic mass is 10.1. The summed E-state index contributed by atoms with van der Waals surface area (Å²) in [6, 6.07) is 15.3. The maximum absolute atomic E-state index is 9.07. The largest absolute Gasteiger partial charge is 0.392 e. The van der Waals surface area contributed by atoms with E-state index in [9.17, 15) is 0 Å². The topological polar surface area (TPSA) is 32.3 Å². The van der Waals surface area contributed by atoms with Crippen molar-refractivity contribution in [1.82, 2.24) is 0 Å². The van der Waals surface area contributed by atoms with Crippen LogP contribution in [0.25, 0.3) is 0 Å². The summed E-state index contributed by atoms with van der Waals surface area (Å²) in [5.41, 5.74) is 3.50. The number of para-hydroxylation sites is 1. The number of benzene rings is 2. The first-order chi connectivity index (χ1) is 8.33. The zero-order valence-corrected chi connectivity index (χ0v) is 9.35. The summed E-state index contributed by atoms with van der Waals surface area (Å²) in [6.07, 6.45) is 5.43. The van der Waals surface area contributed by atoms with Gasteiger partial charge in [-0.2, -0.15) is 0 Å². The fourth-order valence-electron chi connectivity index (χ4n) is 1.62. The normalized spacial score (nSPS) is 9.65. The number of rotatable bonds is 3. The molecule has 0 heterocycles. The Labute approximate surface area is 101 Å². The van der Waals surface area contributed by atoms with Crippen molar-refractivity contribution >= 4 is 11.4 Å². The highest BCUT2D eigenvalue weighted by molar-refractivity contribution is 5.67. The molecule has 2 rings (SSSR count). The van der Waals surface area contributed by atoms with E-state index in [1.165, 1.54) is 0 Å². The van der Waals surface area contributed by atoms with E-state index in [1.54, 1.807) is 0 Å². The third-order valence-electron chi connectivity index (χ3n) is 2.47. The van der Waals surface area contributed by atoms with Crippen molar-refractivity contribution in [2.24, 2.45) is 0 Å². The predicted molar refractivity (Wildman–Crippen MR) is 70.0 cm³/mol. The summed E-state index contributed by atoms with van der Waals surface area (Å²) in [5.74, 6) is 2.63. The molecular weight excluding hydrogens is 210 g/mol. The highest BCUT2D eigenvalue weighted by atomic mass is 16.3. The van der Waals surface area contributed by atoms with Crippen LogP contribution >= 0.6 is 0 Å². The minimum absolute atomic E-state index is 0.0340. The van der Waals surface area contributed by atoms with Crippen molar-refractivity contribution in [3.63, 3.8) is 0 Å². The Morgan fingerprint density at radius 3 is 2.71 bits per heavy atom. The van der Waals surface area contributed by atoms with Gasteiger partial charge in [-0.25, -0.2) is 0 Å². The number of nitrogens with one attached hydrogen (secondary N) is 1. The van der Waals surface area contributed by atoms with Gasteiger partial charge in [0.1, 0.15) is 0 Å². The molecule has 0 aliphatic rings. The first kappa shape index (κ1) is 11.3. The molecule has 2 N–H and O–H groups in total. The Morgan fingerprint density at radius 2 is 1.94 bits per heavy atom. The van der Waals surface area contributed by atoms with Crippen LogP contribution in [0, 0.1) is 12.3 Å². The van der Waals surface area contributed by atoms with Gasteiger partial charge in [0.05, 0.1) is 12.3 Å². The molecule has 0 saturated carbocycles. The average molecular weight is 223 g/mol. The predicted octanol–water partition coefficient (Wildman–Crippen LogP) is 2.90. The van der Waals surface area contributed by atoms with E-state index < -0.39 is 0 Å². The molecule has 2 nitrogen and oxygen atoms in total. The van der Waals surface area contributed by atoms with Crippen molar-refractivity contribution < 1.29 is 5.11 Å². The van der Waals surface area contributed by atoms with Crippen LogP contribution in [0.5, 0.6) is 0 Å². The molecule has 2 aromatic carbocycles. The van der Waals surface area contributed by atoms with Crippen LogP contribution in [0.2, 0.25) is 0 Å². The molecule has 0 aliphatic carbocycles. The van der Waals surface area contributed by atoms with Gasteiger partial charge in [0, 0.05) is 11.3 Å². The lowest BCUT2D eigenvalue weighted by Crippen LogP contribution is -1.94. The summed E-state index contributed by atoms with van der Waals surface area (Å²) in [6.45, 7) is 0.0340. The lowest BCUT2D eigenvalue weighted by Gasteiger charge is -2.09. The molecule has 0 radical (unpaired) electrons. The third-order valence-corrected chi connectivity index (χ3v) is 2.47. The first-order valence-corrected chi connectivity index (χ1v) is 5.36. The molecular formula is C15H13NO. The van der Waals surface area contributed by atoms with Crippen LogP contribution in [0.4, 0.5) is 11.4 Å². The second-order valence-corrected chi connectivity index (χ2v) is 3.67. The van der Waals surface area contributed by atoms with Crippen molar-refractivity contribution in [3.05, 3.63) is 59.7 Å². The first-order valence-electron chi connectivity index (χ1n) is 5.36. The summed E-state index contributed by atoms with van der Waals surface area (Å²) in [5, 5.41) is 12.3. The van der Waals surface area contributed by atoms with E-state index in [-0.39, 0.29) is 6.61 Å². The summed E-state index contributed by atoms with van der Waals surface area (Å²) in [4.78, 5) is 0. The second kappa shape index (κ2) is 5.20. The van der Waals surface area contributed by atoms with Crippen molar-refractivity contribution in [1.29, 1.82) is 0 Å². The zero-order chi connectivity index (χ0) is 12.1. The van der Waals surface area contributed by atoms with E-state index in [4.69, 9.17) is 11.5 Å². The molecule has 0 atom stereocenters. The maximum Gasteiger partial charge on any atom is 0.0682 e. The van der Waals surface area contributed by atoms with Crippen LogP contribution in [0.15, 0.2) is 48.5 Å². The van der Waals surface area contributed by atoms with Crippen LogP contribution in [0.3, 0.4) is 0 Å². The molecule has 2 heteroatoms. The van der Waals surface area contributed by atoms with E-state index in [2.05, 4.69) is 11.2 Å². The molecule has 0 spiro atoms. The Bertz CT molecular complexity index is 555. The van der Waals surface area contributed by atoms with Crippen LogP contribution < -0.4 is 5.32 Å². The molecule has 2 aromatic rings. The average Bonchev–Trinajstić information content (AvgIpc) is 2.39. The number of aliphatic hydroxyl groups is 1. The van der Waals surface area contributed by atoms with Crippen molar-refractivity contribution in [3.8, 4) is 12.3 Å². The van der Waals surface area contributed by atoms with E-state index in [0.29, 0.717) is 0 Å². The van der Waals surface area contributed by atoms with Crippen molar-refractivity contribution in [2.75, 3.05) is 5.32 Å². The maximum atomic E-state index is 9.07. The van der Waals surface area contributed by atoms with Gasteiger partial charge >= 0.3 is 0 Å². The quantitative estimate of drug-likeness (QED) is 0.784. The van der Waals surface area contributed by atoms with Gasteiger partial charge in [0.25, 0.3) is 0 Å². The fraction of sp³-hybridized carbons (Fsp3) is 0.0667. The third kappa shape index (κ3) is 2.66. The molecule has 0 unspecified atom stereocenters. The van der Waals surface area contributed by atoms with Gasteiger partial charge in [-0.3, -0.25) is 0 Å². The summed E-state index contributed by atoms with van der Waals surface area (Å²) < 4.78 is 0. The fourth-order valence-corrected chi connectivity index (χ4v) is 1.62. The van der Waals surface area contributed by atoms with Gasteiger partial charge in [-0.1, -0.05) is 30.2 Å². The minimum atomic E-state index is 0.0340. The molecule has 0 bridgehead atoms. The highest BCUT2D eigenvalue weighted by Gasteiger charge is 2.00.